The Morgan fingerprint density at radius 1 is 1.05 bits per heavy atom. The molecule has 2 fully saturated rings. The Hall–Kier alpha value is -0.600. The lowest BCUT2D eigenvalue weighted by Crippen LogP contribution is -2.44. The van der Waals surface area contributed by atoms with Gasteiger partial charge in [0.05, 0.1) is 6.10 Å². The molecule has 0 bridgehead atoms. The van der Waals surface area contributed by atoms with Crippen LogP contribution in [0.15, 0.2) is 22.8 Å². The standard InChI is InChI=1S/C19H29NO/c1-18-9-7-13(20)11-12(18)3-4-14-15-5-6-17(21)19(15,2)10-8-16(14)18/h11,13,16-17,21H,3-10,20H2,1-2H3/t13?,16-,17?,18+,19+/m1/s1. The van der Waals surface area contributed by atoms with Gasteiger partial charge in [0, 0.05) is 11.5 Å². The van der Waals surface area contributed by atoms with Gasteiger partial charge in [-0.05, 0) is 62.7 Å². The lowest BCUT2D eigenvalue weighted by Gasteiger charge is -2.53. The fraction of sp³-hybridized carbons (Fsp3) is 0.789. The summed E-state index contributed by atoms with van der Waals surface area (Å²) in [5.41, 5.74) is 11.6. The van der Waals surface area contributed by atoms with Crippen molar-refractivity contribution in [2.24, 2.45) is 22.5 Å². The van der Waals surface area contributed by atoms with Crippen molar-refractivity contribution in [2.45, 2.75) is 77.4 Å². The maximum Gasteiger partial charge on any atom is 0.0634 e. The van der Waals surface area contributed by atoms with Crippen LogP contribution in [0, 0.1) is 16.7 Å². The molecule has 21 heavy (non-hydrogen) atoms. The van der Waals surface area contributed by atoms with Gasteiger partial charge in [0.25, 0.3) is 0 Å². The van der Waals surface area contributed by atoms with Gasteiger partial charge in [0.2, 0.25) is 0 Å². The van der Waals surface area contributed by atoms with E-state index in [-0.39, 0.29) is 17.6 Å². The van der Waals surface area contributed by atoms with Crippen LogP contribution in [0.3, 0.4) is 0 Å². The third-order valence-electron chi connectivity index (χ3n) is 7.43. The summed E-state index contributed by atoms with van der Waals surface area (Å²) in [6.07, 6.45) is 11.6. The number of hydrogen-bond acceptors (Lipinski definition) is 2. The van der Waals surface area contributed by atoms with Crippen LogP contribution in [0.4, 0.5) is 0 Å². The molecule has 0 aliphatic heterocycles. The smallest absolute Gasteiger partial charge is 0.0634 e. The van der Waals surface area contributed by atoms with Crippen LogP contribution in [0.1, 0.15) is 65.2 Å². The van der Waals surface area contributed by atoms with E-state index in [1.54, 1.807) is 16.7 Å². The van der Waals surface area contributed by atoms with Crippen LogP contribution < -0.4 is 5.73 Å². The summed E-state index contributed by atoms with van der Waals surface area (Å²) < 4.78 is 0. The largest absolute Gasteiger partial charge is 0.392 e. The van der Waals surface area contributed by atoms with Crippen LogP contribution in [0.5, 0.6) is 0 Å². The zero-order chi connectivity index (χ0) is 14.8. The van der Waals surface area contributed by atoms with Crippen molar-refractivity contribution in [2.75, 3.05) is 0 Å². The van der Waals surface area contributed by atoms with E-state index in [9.17, 15) is 5.11 Å². The minimum Gasteiger partial charge on any atom is -0.392 e. The Bertz CT molecular complexity index is 534. The average molecular weight is 287 g/mol. The minimum absolute atomic E-state index is 0.0917. The van der Waals surface area contributed by atoms with E-state index >= 15 is 0 Å². The van der Waals surface area contributed by atoms with E-state index < -0.39 is 0 Å². The number of fused-ring (bicyclic) bond motifs is 4. The molecule has 0 spiro atoms. The molecule has 3 N–H and O–H groups in total. The van der Waals surface area contributed by atoms with Gasteiger partial charge in [-0.3, -0.25) is 0 Å². The molecule has 0 radical (unpaired) electrons. The number of nitrogens with two attached hydrogens (primary N) is 1. The predicted molar refractivity (Wildman–Crippen MR) is 85.7 cm³/mol. The second-order valence-corrected chi connectivity index (χ2v) is 8.38. The van der Waals surface area contributed by atoms with E-state index in [4.69, 9.17) is 5.73 Å². The van der Waals surface area contributed by atoms with Gasteiger partial charge in [-0.1, -0.05) is 36.6 Å². The molecule has 0 aromatic carbocycles. The summed E-state index contributed by atoms with van der Waals surface area (Å²) in [7, 11) is 0. The molecule has 2 unspecified atom stereocenters. The van der Waals surface area contributed by atoms with Gasteiger partial charge in [-0.15, -0.1) is 0 Å². The van der Waals surface area contributed by atoms with Gasteiger partial charge in [0.15, 0.2) is 0 Å². The van der Waals surface area contributed by atoms with Crippen molar-refractivity contribution < 1.29 is 5.11 Å². The third-order valence-corrected chi connectivity index (χ3v) is 7.43. The van der Waals surface area contributed by atoms with Crippen LogP contribution in [-0.2, 0) is 0 Å². The maximum atomic E-state index is 10.4. The highest BCUT2D eigenvalue weighted by Gasteiger charge is 2.52. The van der Waals surface area contributed by atoms with E-state index in [1.165, 1.54) is 32.1 Å². The first-order valence-electron chi connectivity index (χ1n) is 8.82. The highest BCUT2D eigenvalue weighted by Crippen LogP contribution is 2.62. The Labute approximate surface area is 128 Å². The number of rotatable bonds is 0. The summed E-state index contributed by atoms with van der Waals surface area (Å²) in [5.74, 6) is 0.721. The zero-order valence-electron chi connectivity index (χ0n) is 13.5. The van der Waals surface area contributed by atoms with Gasteiger partial charge in [-0.25, -0.2) is 0 Å². The first-order valence-corrected chi connectivity index (χ1v) is 8.82. The van der Waals surface area contributed by atoms with Crippen molar-refractivity contribution in [3.8, 4) is 0 Å². The Kier molecular flexibility index (Phi) is 2.97. The second-order valence-electron chi connectivity index (χ2n) is 8.38. The molecule has 0 aromatic heterocycles. The molecule has 0 aromatic rings. The Morgan fingerprint density at radius 3 is 2.62 bits per heavy atom. The SMILES string of the molecule is C[C@]12CC[C@@H]3C(=C1CCC2O)CCC1=CC(N)CC[C@@]13C. The van der Waals surface area contributed by atoms with Gasteiger partial charge >= 0.3 is 0 Å². The summed E-state index contributed by atoms with van der Waals surface area (Å²) in [5, 5.41) is 10.4. The summed E-state index contributed by atoms with van der Waals surface area (Å²) in [6.45, 7) is 4.80. The fourth-order valence-electron chi connectivity index (χ4n) is 5.98. The quantitative estimate of drug-likeness (QED) is 0.667. The molecular formula is C19H29NO. The van der Waals surface area contributed by atoms with Gasteiger partial charge in [-0.2, -0.15) is 0 Å². The Morgan fingerprint density at radius 2 is 1.81 bits per heavy atom. The molecule has 2 saturated carbocycles. The normalized spacial score (nSPS) is 49.3. The molecule has 4 aliphatic carbocycles. The molecule has 4 aliphatic rings. The predicted octanol–water partition coefficient (Wildman–Crippen LogP) is 3.70. The first-order chi connectivity index (χ1) is 9.95. The van der Waals surface area contributed by atoms with E-state index in [1.807, 2.05) is 0 Å². The van der Waals surface area contributed by atoms with E-state index in [0.717, 1.165) is 25.2 Å². The monoisotopic (exact) mass is 287 g/mol. The lowest BCUT2D eigenvalue weighted by molar-refractivity contribution is 0.0553. The van der Waals surface area contributed by atoms with Crippen molar-refractivity contribution in [3.05, 3.63) is 22.8 Å². The second kappa shape index (κ2) is 4.45. The summed E-state index contributed by atoms with van der Waals surface area (Å²) >= 11 is 0. The number of aliphatic hydroxyl groups is 1. The molecule has 2 heteroatoms. The van der Waals surface area contributed by atoms with E-state index in [2.05, 4.69) is 19.9 Å². The average Bonchev–Trinajstić information content (AvgIpc) is 2.76. The molecule has 2 nitrogen and oxygen atoms in total. The van der Waals surface area contributed by atoms with E-state index in [0.29, 0.717) is 5.41 Å². The number of allylic oxidation sites excluding steroid dienone is 2. The van der Waals surface area contributed by atoms with Gasteiger partial charge < -0.3 is 10.8 Å². The molecule has 0 saturated heterocycles. The van der Waals surface area contributed by atoms with Crippen molar-refractivity contribution in [3.63, 3.8) is 0 Å². The molecule has 116 valence electrons. The van der Waals surface area contributed by atoms with Crippen LogP contribution in [0.2, 0.25) is 0 Å². The maximum absolute atomic E-state index is 10.4. The lowest BCUT2D eigenvalue weighted by atomic mass is 9.52. The summed E-state index contributed by atoms with van der Waals surface area (Å²) in [6, 6.07) is 0.282. The summed E-state index contributed by atoms with van der Waals surface area (Å²) in [4.78, 5) is 0. The van der Waals surface area contributed by atoms with Crippen LogP contribution >= 0.6 is 0 Å². The Balaban J connectivity index is 1.78. The topological polar surface area (TPSA) is 46.2 Å². The highest BCUT2D eigenvalue weighted by atomic mass is 16.3. The molecule has 4 rings (SSSR count). The number of hydrogen-bond donors (Lipinski definition) is 2. The fourth-order valence-corrected chi connectivity index (χ4v) is 5.98. The van der Waals surface area contributed by atoms with Crippen LogP contribution in [-0.4, -0.2) is 17.3 Å². The van der Waals surface area contributed by atoms with Crippen LogP contribution in [0.25, 0.3) is 0 Å². The molecule has 5 atom stereocenters. The molecular weight excluding hydrogens is 258 g/mol. The molecule has 0 amide bonds. The highest BCUT2D eigenvalue weighted by molar-refractivity contribution is 5.39. The van der Waals surface area contributed by atoms with Gasteiger partial charge in [0.1, 0.15) is 0 Å². The molecule has 0 heterocycles. The first kappa shape index (κ1) is 14.0. The zero-order valence-corrected chi connectivity index (χ0v) is 13.5. The van der Waals surface area contributed by atoms with Crippen molar-refractivity contribution >= 4 is 0 Å². The number of aliphatic hydroxyl groups excluding tert-OH is 1. The van der Waals surface area contributed by atoms with Crippen molar-refractivity contribution in [1.29, 1.82) is 0 Å². The minimum atomic E-state index is -0.106. The van der Waals surface area contributed by atoms with Crippen molar-refractivity contribution in [1.82, 2.24) is 0 Å². The third kappa shape index (κ3) is 1.78.